The number of carbonyl (C=O) groups excluding carboxylic acids is 3. The summed E-state index contributed by atoms with van der Waals surface area (Å²) in [4.78, 5) is 47.1. The lowest BCUT2D eigenvalue weighted by Gasteiger charge is -2.28. The number of rotatable bonds is 2. The highest BCUT2D eigenvalue weighted by Gasteiger charge is 2.38. The first-order chi connectivity index (χ1) is 10.3. The maximum absolute atomic E-state index is 12.0. The number of likely N-dealkylation sites (N-methyl/N-ethyl adjacent to an activating group) is 2. The molecule has 22 heavy (non-hydrogen) atoms. The minimum Gasteiger partial charge on any atom is -0.502 e. The summed E-state index contributed by atoms with van der Waals surface area (Å²) >= 11 is 0. The van der Waals surface area contributed by atoms with Gasteiger partial charge in [-0.15, -0.1) is 0 Å². The summed E-state index contributed by atoms with van der Waals surface area (Å²) in [6.45, 7) is 0. The molecular weight excluding hydrogens is 294 g/mol. The van der Waals surface area contributed by atoms with Crippen molar-refractivity contribution in [3.8, 4) is 5.75 Å². The third-order valence-electron chi connectivity index (χ3n) is 3.19. The zero-order valence-electron chi connectivity index (χ0n) is 11.6. The number of phenols is 1. The van der Waals surface area contributed by atoms with E-state index in [9.17, 15) is 29.6 Å². The van der Waals surface area contributed by atoms with Gasteiger partial charge in [0.2, 0.25) is 5.75 Å². The number of hydrogen-bond donors (Lipinski definition) is 1. The molecule has 0 spiro atoms. The van der Waals surface area contributed by atoms with Crippen LogP contribution in [0.1, 0.15) is 5.56 Å². The molecule has 1 aromatic carbocycles. The van der Waals surface area contributed by atoms with Gasteiger partial charge in [0.15, 0.2) is 0 Å². The number of imide groups is 2. The van der Waals surface area contributed by atoms with E-state index >= 15 is 0 Å². The molecule has 1 heterocycles. The van der Waals surface area contributed by atoms with Gasteiger partial charge in [-0.05, 0) is 6.08 Å². The second-order valence-corrected chi connectivity index (χ2v) is 4.54. The highest BCUT2D eigenvalue weighted by Crippen LogP contribution is 2.31. The molecule has 1 aliphatic rings. The zero-order chi connectivity index (χ0) is 16.6. The number of carbonyl (C=O) groups is 3. The lowest BCUT2D eigenvalue weighted by atomic mass is 10.1. The van der Waals surface area contributed by atoms with E-state index in [0.29, 0.717) is 0 Å². The maximum atomic E-state index is 12.0. The van der Waals surface area contributed by atoms with Crippen LogP contribution < -0.4 is 0 Å². The van der Waals surface area contributed by atoms with Crippen LogP contribution in [0.2, 0.25) is 0 Å². The van der Waals surface area contributed by atoms with Crippen LogP contribution in [0.5, 0.6) is 5.75 Å². The van der Waals surface area contributed by atoms with Gasteiger partial charge in [-0.25, -0.2) is 4.79 Å². The molecule has 4 amide bonds. The molecule has 1 N–H and O–H groups in total. The van der Waals surface area contributed by atoms with Gasteiger partial charge in [0, 0.05) is 25.7 Å². The van der Waals surface area contributed by atoms with Crippen molar-refractivity contribution >= 4 is 29.6 Å². The van der Waals surface area contributed by atoms with Crippen molar-refractivity contribution in [2.45, 2.75) is 0 Å². The summed E-state index contributed by atoms with van der Waals surface area (Å²) < 4.78 is 0. The van der Waals surface area contributed by atoms with Crippen LogP contribution in [-0.2, 0) is 9.59 Å². The van der Waals surface area contributed by atoms with E-state index in [4.69, 9.17) is 0 Å². The summed E-state index contributed by atoms with van der Waals surface area (Å²) in [5.74, 6) is -2.36. The standard InChI is InChI=1S/C13H11N3O6/c1-14-11(18)8(12(19)15(2)13(14)20)6-7-4-3-5-9(10(7)17)16(21)22/h3-6,17H,1-2H3. The molecule has 0 bridgehead atoms. The number of urea groups is 1. The Bertz CT molecular complexity index is 713. The van der Waals surface area contributed by atoms with Crippen LogP contribution >= 0.6 is 0 Å². The fourth-order valence-electron chi connectivity index (χ4n) is 1.94. The summed E-state index contributed by atoms with van der Waals surface area (Å²) in [7, 11) is 2.41. The Morgan fingerprint density at radius 3 is 2.18 bits per heavy atom. The SMILES string of the molecule is CN1C(=O)C(=Cc2cccc([N+](=O)[O-])c2O)C(=O)N(C)C1=O. The summed E-state index contributed by atoms with van der Waals surface area (Å²) in [6, 6.07) is 2.92. The van der Waals surface area contributed by atoms with Crippen LogP contribution in [0, 0.1) is 10.1 Å². The fourth-order valence-corrected chi connectivity index (χ4v) is 1.94. The van der Waals surface area contributed by atoms with Crippen LogP contribution in [-0.4, -0.2) is 51.8 Å². The molecule has 0 aliphatic carbocycles. The molecule has 9 nitrogen and oxygen atoms in total. The van der Waals surface area contributed by atoms with Gasteiger partial charge in [-0.1, -0.05) is 12.1 Å². The average molecular weight is 305 g/mol. The quantitative estimate of drug-likeness (QED) is 0.372. The molecule has 0 saturated carbocycles. The monoisotopic (exact) mass is 305 g/mol. The number of nitro groups is 1. The molecule has 1 aliphatic heterocycles. The van der Waals surface area contributed by atoms with E-state index < -0.39 is 34.2 Å². The lowest BCUT2D eigenvalue weighted by Crippen LogP contribution is -2.52. The van der Waals surface area contributed by atoms with E-state index in [1.54, 1.807) is 0 Å². The molecular formula is C13H11N3O6. The van der Waals surface area contributed by atoms with E-state index in [1.165, 1.54) is 26.2 Å². The van der Waals surface area contributed by atoms with Gasteiger partial charge < -0.3 is 5.11 Å². The van der Waals surface area contributed by atoms with Gasteiger partial charge in [0.05, 0.1) is 4.92 Å². The van der Waals surface area contributed by atoms with Crippen molar-refractivity contribution in [3.05, 3.63) is 39.4 Å². The van der Waals surface area contributed by atoms with Gasteiger partial charge in [-0.3, -0.25) is 29.5 Å². The first kappa shape index (κ1) is 15.2. The number of amides is 4. The second kappa shape index (κ2) is 5.28. The predicted molar refractivity (Wildman–Crippen MR) is 73.7 cm³/mol. The van der Waals surface area contributed by atoms with Crippen LogP contribution in [0.15, 0.2) is 23.8 Å². The number of aromatic hydroxyl groups is 1. The molecule has 0 unspecified atom stereocenters. The fraction of sp³-hybridized carbons (Fsp3) is 0.154. The van der Waals surface area contributed by atoms with Crippen molar-refractivity contribution in [1.82, 2.24) is 9.80 Å². The Labute approximate surface area is 124 Å². The van der Waals surface area contributed by atoms with Crippen LogP contribution in [0.3, 0.4) is 0 Å². The molecule has 2 rings (SSSR count). The highest BCUT2D eigenvalue weighted by molar-refractivity contribution is 6.30. The topological polar surface area (TPSA) is 121 Å². The Morgan fingerprint density at radius 2 is 1.68 bits per heavy atom. The van der Waals surface area contributed by atoms with Crippen molar-refractivity contribution in [2.75, 3.05) is 14.1 Å². The first-order valence-corrected chi connectivity index (χ1v) is 6.03. The second-order valence-electron chi connectivity index (χ2n) is 4.54. The molecule has 1 aromatic rings. The zero-order valence-corrected chi connectivity index (χ0v) is 11.6. The third kappa shape index (κ3) is 2.28. The van der Waals surface area contributed by atoms with Crippen LogP contribution in [0.4, 0.5) is 10.5 Å². The average Bonchev–Trinajstić information content (AvgIpc) is 2.48. The molecule has 114 valence electrons. The number of nitrogens with zero attached hydrogens (tertiary/aromatic N) is 3. The van der Waals surface area contributed by atoms with E-state index in [1.807, 2.05) is 0 Å². The summed E-state index contributed by atoms with van der Waals surface area (Å²) in [5.41, 5.74) is -0.995. The Morgan fingerprint density at radius 1 is 1.14 bits per heavy atom. The summed E-state index contributed by atoms with van der Waals surface area (Å²) in [5, 5.41) is 20.6. The minimum absolute atomic E-state index is 0.0675. The Balaban J connectivity index is 2.55. The molecule has 9 heteroatoms. The van der Waals surface area contributed by atoms with Gasteiger partial charge in [0.25, 0.3) is 11.8 Å². The lowest BCUT2D eigenvalue weighted by molar-refractivity contribution is -0.385. The smallest absolute Gasteiger partial charge is 0.333 e. The largest absolute Gasteiger partial charge is 0.502 e. The van der Waals surface area contributed by atoms with Crippen molar-refractivity contribution < 1.29 is 24.4 Å². The van der Waals surface area contributed by atoms with Gasteiger partial charge in [-0.2, -0.15) is 0 Å². The minimum atomic E-state index is -0.848. The number of barbiturate groups is 1. The Kier molecular flexibility index (Phi) is 3.64. The van der Waals surface area contributed by atoms with Crippen molar-refractivity contribution in [1.29, 1.82) is 0 Å². The number of hydrogen-bond acceptors (Lipinski definition) is 6. The number of para-hydroxylation sites is 1. The molecule has 0 radical (unpaired) electrons. The molecule has 0 aromatic heterocycles. The predicted octanol–water partition coefficient (Wildman–Crippen LogP) is 0.734. The van der Waals surface area contributed by atoms with Gasteiger partial charge in [0.1, 0.15) is 5.57 Å². The normalized spacial score (nSPS) is 15.4. The first-order valence-electron chi connectivity index (χ1n) is 6.03. The molecule has 0 atom stereocenters. The van der Waals surface area contributed by atoms with Crippen molar-refractivity contribution in [3.63, 3.8) is 0 Å². The highest BCUT2D eigenvalue weighted by atomic mass is 16.6. The Hall–Kier alpha value is -3.23. The number of benzene rings is 1. The molecule has 1 fully saturated rings. The maximum Gasteiger partial charge on any atom is 0.333 e. The van der Waals surface area contributed by atoms with Crippen LogP contribution in [0.25, 0.3) is 6.08 Å². The number of nitro benzene ring substituents is 1. The van der Waals surface area contributed by atoms with E-state index in [2.05, 4.69) is 0 Å². The summed E-state index contributed by atoms with van der Waals surface area (Å²) in [6.07, 6.45) is 1.02. The van der Waals surface area contributed by atoms with E-state index in [-0.39, 0.29) is 11.1 Å². The third-order valence-corrected chi connectivity index (χ3v) is 3.19. The van der Waals surface area contributed by atoms with Crippen molar-refractivity contribution in [2.24, 2.45) is 0 Å². The van der Waals surface area contributed by atoms with Gasteiger partial charge >= 0.3 is 11.7 Å². The molecule has 1 saturated heterocycles. The van der Waals surface area contributed by atoms with E-state index in [0.717, 1.165) is 21.9 Å². The number of phenolic OH excluding ortho intramolecular Hbond substituents is 1.